The van der Waals surface area contributed by atoms with Gasteiger partial charge >= 0.3 is 0 Å². The van der Waals surface area contributed by atoms with Crippen LogP contribution in [0, 0.1) is 17.0 Å². The zero-order valence-electron chi connectivity index (χ0n) is 10.6. The van der Waals surface area contributed by atoms with Crippen LogP contribution >= 0.6 is 11.3 Å². The summed E-state index contributed by atoms with van der Waals surface area (Å²) in [7, 11) is 0. The van der Waals surface area contributed by atoms with Gasteiger partial charge < -0.3 is 11.1 Å². The van der Waals surface area contributed by atoms with Crippen molar-refractivity contribution in [3.63, 3.8) is 0 Å². The summed E-state index contributed by atoms with van der Waals surface area (Å²) in [4.78, 5) is 27.1. The summed E-state index contributed by atoms with van der Waals surface area (Å²) in [6.07, 6.45) is 1.73. The Morgan fingerprint density at radius 1 is 1.55 bits per heavy atom. The van der Waals surface area contributed by atoms with Gasteiger partial charge in [0.1, 0.15) is 10.7 Å². The summed E-state index contributed by atoms with van der Waals surface area (Å²) < 4.78 is 0. The first-order valence-corrected chi connectivity index (χ1v) is 6.52. The minimum absolute atomic E-state index is 0.0345. The molecule has 104 valence electrons. The smallest absolute Gasteiger partial charge is 0.292 e. The number of thiazole rings is 1. The van der Waals surface area contributed by atoms with Gasteiger partial charge in [-0.05, 0) is 19.1 Å². The minimum Gasteiger partial charge on any atom is -0.393 e. The molecule has 0 fully saturated rings. The molecule has 1 amide bonds. The molecule has 0 aliphatic carbocycles. The molecule has 0 radical (unpaired) electrons. The second-order valence-corrected chi connectivity index (χ2v) is 5.40. The fraction of sp³-hybridized carbons (Fsp3) is 0.167. The molecule has 0 atom stereocenters. The van der Waals surface area contributed by atoms with Crippen LogP contribution in [0.5, 0.6) is 0 Å². The highest BCUT2D eigenvalue weighted by molar-refractivity contribution is 7.11. The first kappa shape index (κ1) is 13.9. The molecule has 0 aliphatic rings. The summed E-state index contributed by atoms with van der Waals surface area (Å²) in [5.74, 6) is -0.348. The SMILES string of the molecule is Cc1cnc(CNC(=O)c2ccc([N+](=O)[O-])c(N)c2)s1. The molecule has 2 rings (SSSR count). The number of hydrogen-bond acceptors (Lipinski definition) is 6. The van der Waals surface area contributed by atoms with E-state index >= 15 is 0 Å². The number of carbonyl (C=O) groups is 1. The first-order chi connectivity index (χ1) is 9.47. The number of nitrogens with two attached hydrogens (primary N) is 1. The molecule has 1 aromatic heterocycles. The van der Waals surface area contributed by atoms with Gasteiger partial charge in [0.05, 0.1) is 11.5 Å². The molecule has 0 bridgehead atoms. The molecule has 3 N–H and O–H groups in total. The molecule has 0 saturated carbocycles. The van der Waals surface area contributed by atoms with Crippen molar-refractivity contribution in [3.8, 4) is 0 Å². The number of hydrogen-bond donors (Lipinski definition) is 2. The molecule has 1 heterocycles. The molecule has 0 spiro atoms. The number of aromatic nitrogens is 1. The van der Waals surface area contributed by atoms with Crippen LogP contribution < -0.4 is 11.1 Å². The predicted octanol–water partition coefficient (Wildman–Crippen LogP) is 1.87. The Balaban J connectivity index is 2.06. The van der Waals surface area contributed by atoms with Crippen LogP contribution in [0.1, 0.15) is 20.2 Å². The number of nitrogens with zero attached hydrogens (tertiary/aromatic N) is 2. The second-order valence-electron chi connectivity index (χ2n) is 4.08. The van der Waals surface area contributed by atoms with Gasteiger partial charge in [0.2, 0.25) is 0 Å². The van der Waals surface area contributed by atoms with Crippen molar-refractivity contribution >= 4 is 28.6 Å². The highest BCUT2D eigenvalue weighted by Crippen LogP contribution is 2.22. The van der Waals surface area contributed by atoms with Crippen molar-refractivity contribution in [2.24, 2.45) is 0 Å². The summed E-state index contributed by atoms with van der Waals surface area (Å²) in [5, 5.41) is 14.1. The van der Waals surface area contributed by atoms with Gasteiger partial charge in [-0.15, -0.1) is 11.3 Å². The average Bonchev–Trinajstić information content (AvgIpc) is 2.81. The molecule has 0 aliphatic heterocycles. The Morgan fingerprint density at radius 3 is 2.85 bits per heavy atom. The van der Waals surface area contributed by atoms with E-state index in [2.05, 4.69) is 10.3 Å². The molecule has 2 aromatic rings. The average molecular weight is 292 g/mol. The first-order valence-electron chi connectivity index (χ1n) is 5.71. The third kappa shape index (κ3) is 3.09. The minimum atomic E-state index is -0.588. The third-order valence-corrected chi connectivity index (χ3v) is 3.47. The van der Waals surface area contributed by atoms with Crippen LogP contribution in [0.15, 0.2) is 24.4 Å². The molecule has 20 heavy (non-hydrogen) atoms. The van der Waals surface area contributed by atoms with Crippen LogP contribution in [0.25, 0.3) is 0 Å². The Labute approximate surface area is 118 Å². The van der Waals surface area contributed by atoms with Gasteiger partial charge in [-0.1, -0.05) is 0 Å². The Bertz CT molecular complexity index is 668. The van der Waals surface area contributed by atoms with Crippen molar-refractivity contribution in [1.29, 1.82) is 0 Å². The maximum absolute atomic E-state index is 11.9. The van der Waals surface area contributed by atoms with Gasteiger partial charge in [-0.25, -0.2) is 4.98 Å². The second kappa shape index (κ2) is 5.66. The Morgan fingerprint density at radius 2 is 2.30 bits per heavy atom. The third-order valence-electron chi connectivity index (χ3n) is 2.56. The van der Waals surface area contributed by atoms with E-state index in [1.165, 1.54) is 29.5 Å². The van der Waals surface area contributed by atoms with E-state index in [4.69, 9.17) is 5.73 Å². The fourth-order valence-corrected chi connectivity index (χ4v) is 2.33. The van der Waals surface area contributed by atoms with E-state index in [0.717, 1.165) is 9.88 Å². The standard InChI is InChI=1S/C12H12N4O3S/c1-7-5-14-11(20-7)6-15-12(17)8-2-3-10(16(18)19)9(13)4-8/h2-5H,6,13H2,1H3,(H,15,17). The number of carbonyl (C=O) groups excluding carboxylic acids is 1. The number of anilines is 1. The van der Waals surface area contributed by atoms with Gasteiger partial charge in [-0.3, -0.25) is 14.9 Å². The largest absolute Gasteiger partial charge is 0.393 e. The van der Waals surface area contributed by atoms with E-state index < -0.39 is 4.92 Å². The molecule has 8 heteroatoms. The highest BCUT2D eigenvalue weighted by atomic mass is 32.1. The van der Waals surface area contributed by atoms with E-state index in [1.807, 2.05) is 6.92 Å². The number of nitro benzene ring substituents is 1. The number of nitro groups is 1. The predicted molar refractivity (Wildman–Crippen MR) is 75.5 cm³/mol. The summed E-state index contributed by atoms with van der Waals surface area (Å²) in [5.41, 5.74) is 5.57. The van der Waals surface area contributed by atoms with E-state index in [0.29, 0.717) is 6.54 Å². The maximum Gasteiger partial charge on any atom is 0.292 e. The Hall–Kier alpha value is -2.48. The molecule has 0 saturated heterocycles. The van der Waals surface area contributed by atoms with Crippen molar-refractivity contribution in [2.75, 3.05) is 5.73 Å². The van der Waals surface area contributed by atoms with Gasteiger partial charge in [0.15, 0.2) is 0 Å². The van der Waals surface area contributed by atoms with Crippen LogP contribution in [0.2, 0.25) is 0 Å². The summed E-state index contributed by atoms with van der Waals surface area (Å²) in [6.45, 7) is 2.24. The molecular weight excluding hydrogens is 280 g/mol. The van der Waals surface area contributed by atoms with Gasteiger partial charge in [0, 0.05) is 22.7 Å². The number of amides is 1. The normalized spacial score (nSPS) is 10.2. The number of nitrogen functional groups attached to an aromatic ring is 1. The van der Waals surface area contributed by atoms with Crippen molar-refractivity contribution < 1.29 is 9.72 Å². The molecule has 1 aromatic carbocycles. The summed E-state index contributed by atoms with van der Waals surface area (Å²) in [6, 6.07) is 3.88. The van der Waals surface area contributed by atoms with Crippen molar-refractivity contribution in [3.05, 3.63) is 50.0 Å². The molecule has 0 unspecified atom stereocenters. The van der Waals surface area contributed by atoms with Gasteiger partial charge in [0.25, 0.3) is 11.6 Å². The monoisotopic (exact) mass is 292 g/mol. The fourth-order valence-electron chi connectivity index (χ4n) is 1.60. The van der Waals surface area contributed by atoms with E-state index in [1.54, 1.807) is 6.20 Å². The van der Waals surface area contributed by atoms with Crippen LogP contribution in [0.3, 0.4) is 0 Å². The molecular formula is C12H12N4O3S. The lowest BCUT2D eigenvalue weighted by Gasteiger charge is -2.04. The topological polar surface area (TPSA) is 111 Å². The zero-order valence-corrected chi connectivity index (χ0v) is 11.4. The van der Waals surface area contributed by atoms with E-state index in [-0.39, 0.29) is 22.8 Å². The van der Waals surface area contributed by atoms with Crippen molar-refractivity contribution in [2.45, 2.75) is 13.5 Å². The number of rotatable bonds is 4. The lowest BCUT2D eigenvalue weighted by Crippen LogP contribution is -2.22. The highest BCUT2D eigenvalue weighted by Gasteiger charge is 2.14. The Kier molecular flexibility index (Phi) is 3.94. The van der Waals surface area contributed by atoms with E-state index in [9.17, 15) is 14.9 Å². The lowest BCUT2D eigenvalue weighted by atomic mass is 10.1. The summed E-state index contributed by atoms with van der Waals surface area (Å²) >= 11 is 1.49. The number of aryl methyl sites for hydroxylation is 1. The van der Waals surface area contributed by atoms with Crippen molar-refractivity contribution in [1.82, 2.24) is 10.3 Å². The quantitative estimate of drug-likeness (QED) is 0.507. The number of benzene rings is 1. The van der Waals surface area contributed by atoms with Crippen LogP contribution in [-0.4, -0.2) is 15.8 Å². The number of nitrogens with one attached hydrogen (secondary N) is 1. The zero-order chi connectivity index (χ0) is 14.7. The maximum atomic E-state index is 11.9. The lowest BCUT2D eigenvalue weighted by molar-refractivity contribution is -0.383. The van der Waals surface area contributed by atoms with Gasteiger partial charge in [-0.2, -0.15) is 0 Å². The van der Waals surface area contributed by atoms with Crippen LogP contribution in [-0.2, 0) is 6.54 Å². The van der Waals surface area contributed by atoms with Crippen LogP contribution in [0.4, 0.5) is 11.4 Å². The molecule has 7 nitrogen and oxygen atoms in total.